The molecule has 55 heavy (non-hydrogen) atoms. The second kappa shape index (κ2) is 34.3. The van der Waals surface area contributed by atoms with Gasteiger partial charge in [0, 0.05) is 25.0 Å². The highest BCUT2D eigenvalue weighted by Gasteiger charge is 2.32. The van der Waals surface area contributed by atoms with E-state index >= 15 is 0 Å². The lowest BCUT2D eigenvalue weighted by molar-refractivity contribution is -0.198. The van der Waals surface area contributed by atoms with Crippen LogP contribution in [0.4, 0.5) is 0 Å². The van der Waals surface area contributed by atoms with Crippen LogP contribution in [0, 0.1) is 0 Å². The highest BCUT2D eigenvalue weighted by atomic mass is 16.7. The first kappa shape index (κ1) is 48.2. The molecule has 0 unspecified atom stereocenters. The lowest BCUT2D eigenvalue weighted by Gasteiger charge is -2.13. The van der Waals surface area contributed by atoms with Crippen molar-refractivity contribution in [1.29, 1.82) is 0 Å². The Morgan fingerprint density at radius 2 is 0.655 bits per heavy atom. The summed E-state index contributed by atoms with van der Waals surface area (Å²) in [7, 11) is 0. The minimum absolute atomic E-state index is 0.0537. The second-order valence-electron chi connectivity index (χ2n) is 11.3. The van der Waals surface area contributed by atoms with E-state index in [-0.39, 0.29) is 57.4 Å². The Balaban J connectivity index is 1.14. The normalized spacial score (nSPS) is 14.3. The van der Waals surface area contributed by atoms with Gasteiger partial charge in [-0.25, -0.2) is 4.79 Å². The van der Waals surface area contributed by atoms with Crippen molar-refractivity contribution in [2.24, 2.45) is 0 Å². The molecule has 1 saturated heterocycles. The first-order valence-corrected chi connectivity index (χ1v) is 18.5. The average molecular weight is 795 g/mol. The summed E-state index contributed by atoms with van der Waals surface area (Å²) in [5, 5.41) is 0.514. The van der Waals surface area contributed by atoms with Gasteiger partial charge >= 0.3 is 5.97 Å². The summed E-state index contributed by atoms with van der Waals surface area (Å²) >= 11 is 0. The quantitative estimate of drug-likeness (QED) is 0.0544. The minimum atomic E-state index is -0.705. The zero-order valence-corrected chi connectivity index (χ0v) is 31.7. The van der Waals surface area contributed by atoms with Crippen LogP contribution in [0.1, 0.15) is 19.3 Å². The molecule has 0 aliphatic carbocycles. The molecule has 2 aliphatic rings. The number of hydrogen-bond acceptors (Lipinski definition) is 18. The van der Waals surface area contributed by atoms with E-state index in [4.69, 9.17) is 61.7 Å². The number of nitrogens with zero attached hydrogens (tertiary/aromatic N) is 2. The van der Waals surface area contributed by atoms with E-state index in [0.29, 0.717) is 144 Å². The van der Waals surface area contributed by atoms with Gasteiger partial charge in [-0.15, -0.1) is 5.06 Å². The Morgan fingerprint density at radius 1 is 0.400 bits per heavy atom. The number of hydrogen-bond donors (Lipinski definition) is 0. The predicted molar refractivity (Wildman–Crippen MR) is 187 cm³/mol. The van der Waals surface area contributed by atoms with Crippen LogP contribution in [0.25, 0.3) is 0 Å². The maximum atomic E-state index is 11.7. The smallest absolute Gasteiger partial charge is 0.335 e. The molecule has 20 nitrogen and oxygen atoms in total. The lowest BCUT2D eigenvalue weighted by Crippen LogP contribution is -2.33. The maximum absolute atomic E-state index is 11.7. The van der Waals surface area contributed by atoms with Crippen LogP contribution in [-0.2, 0) is 85.7 Å². The summed E-state index contributed by atoms with van der Waals surface area (Å²) < 4.78 is 65.0. The van der Waals surface area contributed by atoms with Gasteiger partial charge < -0.3 is 61.7 Å². The monoisotopic (exact) mass is 794 g/mol. The Kier molecular flexibility index (Phi) is 30.0. The largest absolute Gasteiger partial charge is 0.378 e. The van der Waals surface area contributed by atoms with Gasteiger partial charge in [0.15, 0.2) is 0 Å². The number of hydroxylamine groups is 2. The lowest BCUT2D eigenvalue weighted by atomic mass is 10.4. The Morgan fingerprint density at radius 3 is 0.945 bits per heavy atom. The predicted octanol–water partition coefficient (Wildman–Crippen LogP) is -0.892. The molecule has 0 radical (unpaired) electrons. The van der Waals surface area contributed by atoms with Crippen LogP contribution in [0.15, 0.2) is 12.2 Å². The fourth-order valence-corrected chi connectivity index (χ4v) is 4.29. The summed E-state index contributed by atoms with van der Waals surface area (Å²) in [6.45, 7) is 9.96. The van der Waals surface area contributed by atoms with Crippen molar-refractivity contribution < 1.29 is 85.7 Å². The fourth-order valence-electron chi connectivity index (χ4n) is 4.29. The van der Waals surface area contributed by atoms with Gasteiger partial charge in [-0.05, 0) is 0 Å². The van der Waals surface area contributed by atoms with Gasteiger partial charge in [0.2, 0.25) is 0 Å². The first-order chi connectivity index (χ1) is 27.0. The second-order valence-corrected chi connectivity index (χ2v) is 11.3. The molecule has 0 aromatic heterocycles. The van der Waals surface area contributed by atoms with E-state index in [9.17, 15) is 24.0 Å². The van der Waals surface area contributed by atoms with E-state index in [1.54, 1.807) is 0 Å². The molecule has 0 spiro atoms. The number of ether oxygens (including phenoxy) is 12. The van der Waals surface area contributed by atoms with Gasteiger partial charge in [0.25, 0.3) is 23.6 Å². The highest BCUT2D eigenvalue weighted by molar-refractivity contribution is 6.12. The van der Waals surface area contributed by atoms with Crippen molar-refractivity contribution in [1.82, 2.24) is 9.96 Å². The molecule has 4 amide bonds. The maximum Gasteiger partial charge on any atom is 0.335 e. The first-order valence-electron chi connectivity index (χ1n) is 18.5. The summed E-state index contributed by atoms with van der Waals surface area (Å²) in [6.07, 6.45) is 2.52. The molecule has 316 valence electrons. The van der Waals surface area contributed by atoms with Crippen molar-refractivity contribution in [3.8, 4) is 0 Å². The molecule has 0 aromatic rings. The van der Waals surface area contributed by atoms with E-state index in [0.717, 1.165) is 4.90 Å². The molecule has 0 N–H and O–H groups in total. The summed E-state index contributed by atoms with van der Waals surface area (Å²) in [4.78, 5) is 63.2. The van der Waals surface area contributed by atoms with Crippen molar-refractivity contribution in [3.63, 3.8) is 0 Å². The Bertz CT molecular complexity index is 1050. The molecule has 0 saturated carbocycles. The van der Waals surface area contributed by atoms with E-state index in [2.05, 4.69) is 0 Å². The van der Waals surface area contributed by atoms with Crippen LogP contribution < -0.4 is 0 Å². The van der Waals surface area contributed by atoms with Crippen molar-refractivity contribution in [2.75, 3.05) is 165 Å². The van der Waals surface area contributed by atoms with Crippen LogP contribution in [0.5, 0.6) is 0 Å². The van der Waals surface area contributed by atoms with Gasteiger partial charge in [0.1, 0.15) is 0 Å². The van der Waals surface area contributed by atoms with Crippen LogP contribution in [0.3, 0.4) is 0 Å². The average Bonchev–Trinajstić information content (AvgIpc) is 3.67. The van der Waals surface area contributed by atoms with E-state index < -0.39 is 17.8 Å². The van der Waals surface area contributed by atoms with E-state index in [1.807, 2.05) is 0 Å². The number of rotatable bonds is 40. The number of amides is 4. The van der Waals surface area contributed by atoms with Gasteiger partial charge in [-0.2, -0.15) is 0 Å². The molecule has 20 heteroatoms. The van der Waals surface area contributed by atoms with Crippen molar-refractivity contribution in [3.05, 3.63) is 12.2 Å². The summed E-state index contributed by atoms with van der Waals surface area (Å²) in [6, 6.07) is 0. The Labute approximate surface area is 321 Å². The summed E-state index contributed by atoms with van der Waals surface area (Å²) in [5.74, 6) is -2.37. The molecule has 2 heterocycles. The standard InChI is InChI=1S/C35H58N2O18/c38-31-1-2-32(39)36(31)6-8-44-10-12-46-14-16-48-18-20-50-22-24-52-26-28-54-30-29-53-27-25-51-23-21-49-19-17-47-15-13-45-11-9-43-7-5-35(42)55-37-33(40)3-4-34(37)41/h1-2H,3-30H2. The number of carbonyl (C=O) groups is 5. The molecule has 2 aliphatic heterocycles. The number of imide groups is 2. The Hall–Kier alpha value is -2.99. The third-order valence-corrected chi connectivity index (χ3v) is 7.10. The van der Waals surface area contributed by atoms with Gasteiger partial charge in [-0.1, -0.05) is 0 Å². The molecular weight excluding hydrogens is 736 g/mol. The van der Waals surface area contributed by atoms with Crippen molar-refractivity contribution in [2.45, 2.75) is 19.3 Å². The SMILES string of the molecule is O=C(CCOCCOCCOCCOCCOCCOCCOCCOCCOCCOCCOCCOCCN1C(=O)C=CC1=O)ON1C(=O)CCC1=O. The highest BCUT2D eigenvalue weighted by Crippen LogP contribution is 2.12. The van der Waals surface area contributed by atoms with Crippen LogP contribution in [-0.4, -0.2) is 205 Å². The minimum Gasteiger partial charge on any atom is -0.378 e. The third-order valence-electron chi connectivity index (χ3n) is 7.10. The molecule has 1 fully saturated rings. The fraction of sp³-hybridized carbons (Fsp3) is 0.800. The zero-order chi connectivity index (χ0) is 39.4. The molecule has 2 rings (SSSR count). The molecular formula is C35H58N2O18. The van der Waals surface area contributed by atoms with E-state index in [1.165, 1.54) is 12.2 Å². The number of carbonyl (C=O) groups excluding carboxylic acids is 5. The van der Waals surface area contributed by atoms with Gasteiger partial charge in [0.05, 0.1) is 172 Å². The van der Waals surface area contributed by atoms with Gasteiger partial charge in [-0.3, -0.25) is 24.1 Å². The molecule has 0 bridgehead atoms. The molecule has 0 aromatic carbocycles. The summed E-state index contributed by atoms with van der Waals surface area (Å²) in [5.41, 5.74) is 0. The third kappa shape index (κ3) is 26.5. The van der Waals surface area contributed by atoms with Crippen molar-refractivity contribution >= 4 is 29.6 Å². The molecule has 0 atom stereocenters. The topological polar surface area (TPSA) is 212 Å². The van der Waals surface area contributed by atoms with Crippen LogP contribution in [0.2, 0.25) is 0 Å². The zero-order valence-electron chi connectivity index (χ0n) is 31.7. The van der Waals surface area contributed by atoms with Crippen LogP contribution >= 0.6 is 0 Å².